The lowest BCUT2D eigenvalue weighted by Gasteiger charge is -2.33. The maximum Gasteiger partial charge on any atom is 0.257 e. The number of piperidine rings is 1. The summed E-state index contributed by atoms with van der Waals surface area (Å²) >= 11 is 3.33. The van der Waals surface area contributed by atoms with E-state index >= 15 is 0 Å². The summed E-state index contributed by atoms with van der Waals surface area (Å²) in [6.45, 7) is 2.45. The minimum Gasteiger partial charge on any atom is -0.507 e. The minimum atomic E-state index is -0.0837. The Labute approximate surface area is 134 Å². The lowest BCUT2D eigenvalue weighted by molar-refractivity contribution is 0.0671. The van der Waals surface area contributed by atoms with Gasteiger partial charge in [0.05, 0.1) is 5.56 Å². The van der Waals surface area contributed by atoms with Gasteiger partial charge in [-0.25, -0.2) is 0 Å². The number of halogens is 2. The molecule has 0 aliphatic carbocycles. The molecule has 0 bridgehead atoms. The highest BCUT2D eigenvalue weighted by Gasteiger charge is 2.25. The first kappa shape index (κ1) is 17.3. The molecule has 1 heterocycles. The fourth-order valence-corrected chi connectivity index (χ4v) is 2.92. The summed E-state index contributed by atoms with van der Waals surface area (Å²) in [5.74, 6) is 0.459. The van der Waals surface area contributed by atoms with Crippen LogP contribution in [-0.2, 0) is 0 Å². The van der Waals surface area contributed by atoms with Crippen molar-refractivity contribution >= 4 is 34.2 Å². The third-order valence-corrected chi connectivity index (χ3v) is 3.98. The molecule has 1 atom stereocenters. The highest BCUT2D eigenvalue weighted by atomic mass is 79.9. The zero-order valence-electron chi connectivity index (χ0n) is 11.4. The summed E-state index contributed by atoms with van der Waals surface area (Å²) in [4.78, 5) is 14.3. The molecule has 0 spiro atoms. The van der Waals surface area contributed by atoms with Crippen molar-refractivity contribution in [3.8, 4) is 5.75 Å². The Kier molecular flexibility index (Phi) is 6.79. The second-order valence-electron chi connectivity index (χ2n) is 4.98. The average Bonchev–Trinajstić information content (AvgIpc) is 2.41. The number of carbonyl (C=O) groups is 1. The van der Waals surface area contributed by atoms with Crippen LogP contribution in [0.4, 0.5) is 0 Å². The topological polar surface area (TPSA) is 52.6 Å². The maximum atomic E-state index is 12.4. The van der Waals surface area contributed by atoms with E-state index in [4.69, 9.17) is 0 Å². The van der Waals surface area contributed by atoms with E-state index in [0.717, 1.165) is 36.9 Å². The number of carbonyl (C=O) groups excluding carboxylic acids is 1. The van der Waals surface area contributed by atoms with Crippen molar-refractivity contribution in [2.45, 2.75) is 12.8 Å². The third kappa shape index (κ3) is 4.11. The standard InChI is InChI=1S/C14H19BrN2O2.ClH/c1-16-8-10-3-2-6-17(9-10)14(19)12-7-11(15)4-5-13(12)18;/h4-5,7,10,16,18H,2-3,6,8-9H2,1H3;1H. The first-order valence-electron chi connectivity index (χ1n) is 6.54. The Bertz CT molecular complexity index is 468. The van der Waals surface area contributed by atoms with E-state index in [9.17, 15) is 9.90 Å². The molecule has 4 nitrogen and oxygen atoms in total. The van der Waals surface area contributed by atoms with Crippen LogP contribution in [0, 0.1) is 5.92 Å². The number of benzene rings is 1. The molecule has 112 valence electrons. The molecule has 0 radical (unpaired) electrons. The van der Waals surface area contributed by atoms with Gasteiger partial charge in [0.25, 0.3) is 5.91 Å². The van der Waals surface area contributed by atoms with Gasteiger partial charge in [-0.05, 0) is 50.6 Å². The van der Waals surface area contributed by atoms with E-state index in [2.05, 4.69) is 21.2 Å². The van der Waals surface area contributed by atoms with Crippen LogP contribution in [0.5, 0.6) is 5.75 Å². The van der Waals surface area contributed by atoms with E-state index in [1.807, 2.05) is 11.9 Å². The lowest BCUT2D eigenvalue weighted by atomic mass is 9.97. The van der Waals surface area contributed by atoms with Crippen molar-refractivity contribution in [3.63, 3.8) is 0 Å². The number of likely N-dealkylation sites (tertiary alicyclic amines) is 1. The number of hydrogen-bond acceptors (Lipinski definition) is 3. The molecular formula is C14H20BrClN2O2. The van der Waals surface area contributed by atoms with Crippen LogP contribution in [-0.4, -0.2) is 42.6 Å². The normalized spacial score (nSPS) is 18.5. The van der Waals surface area contributed by atoms with Crippen molar-refractivity contribution in [3.05, 3.63) is 28.2 Å². The number of phenolic OH excluding ortho intramolecular Hbond substituents is 1. The zero-order valence-corrected chi connectivity index (χ0v) is 13.8. The first-order valence-corrected chi connectivity index (χ1v) is 7.33. The van der Waals surface area contributed by atoms with Gasteiger partial charge in [0.15, 0.2) is 0 Å². The average molecular weight is 364 g/mol. The Morgan fingerprint density at radius 3 is 3.00 bits per heavy atom. The van der Waals surface area contributed by atoms with Gasteiger partial charge < -0.3 is 15.3 Å². The van der Waals surface area contributed by atoms with Gasteiger partial charge in [0.2, 0.25) is 0 Å². The van der Waals surface area contributed by atoms with Crippen LogP contribution < -0.4 is 5.32 Å². The van der Waals surface area contributed by atoms with Crippen LogP contribution >= 0.6 is 28.3 Å². The number of amides is 1. The van der Waals surface area contributed by atoms with Crippen molar-refractivity contribution < 1.29 is 9.90 Å². The molecule has 1 amide bonds. The van der Waals surface area contributed by atoms with Crippen LogP contribution in [0.15, 0.2) is 22.7 Å². The van der Waals surface area contributed by atoms with Gasteiger partial charge in [-0.15, -0.1) is 12.4 Å². The molecule has 1 aromatic rings. The van der Waals surface area contributed by atoms with Crippen LogP contribution in [0.1, 0.15) is 23.2 Å². The van der Waals surface area contributed by atoms with E-state index in [0.29, 0.717) is 11.5 Å². The summed E-state index contributed by atoms with van der Waals surface area (Å²) in [6.07, 6.45) is 2.17. The smallest absolute Gasteiger partial charge is 0.257 e. The van der Waals surface area contributed by atoms with Crippen molar-refractivity contribution in [2.75, 3.05) is 26.7 Å². The van der Waals surface area contributed by atoms with Gasteiger partial charge in [-0.1, -0.05) is 15.9 Å². The highest BCUT2D eigenvalue weighted by molar-refractivity contribution is 9.10. The lowest BCUT2D eigenvalue weighted by Crippen LogP contribution is -2.42. The summed E-state index contributed by atoms with van der Waals surface area (Å²) in [6, 6.07) is 4.96. The summed E-state index contributed by atoms with van der Waals surface area (Å²) < 4.78 is 0.803. The predicted molar refractivity (Wildman–Crippen MR) is 85.6 cm³/mol. The van der Waals surface area contributed by atoms with E-state index in [1.165, 1.54) is 0 Å². The number of hydrogen-bond donors (Lipinski definition) is 2. The summed E-state index contributed by atoms with van der Waals surface area (Å²) in [5, 5.41) is 13.0. The Hall–Kier alpha value is -0.780. The molecule has 1 unspecified atom stereocenters. The molecule has 1 aliphatic heterocycles. The molecule has 1 fully saturated rings. The van der Waals surface area contributed by atoms with Crippen molar-refractivity contribution in [1.82, 2.24) is 10.2 Å². The number of aromatic hydroxyl groups is 1. The fraction of sp³-hybridized carbons (Fsp3) is 0.500. The van der Waals surface area contributed by atoms with E-state index < -0.39 is 0 Å². The third-order valence-electron chi connectivity index (χ3n) is 3.49. The molecule has 0 aromatic heterocycles. The van der Waals surface area contributed by atoms with Gasteiger partial charge in [0, 0.05) is 17.6 Å². The first-order chi connectivity index (χ1) is 9.11. The Balaban J connectivity index is 0.00000200. The summed E-state index contributed by atoms with van der Waals surface area (Å²) in [5.41, 5.74) is 0.375. The second-order valence-corrected chi connectivity index (χ2v) is 5.89. The largest absolute Gasteiger partial charge is 0.507 e. The summed E-state index contributed by atoms with van der Waals surface area (Å²) in [7, 11) is 1.93. The minimum absolute atomic E-state index is 0. The molecule has 0 saturated carbocycles. The SMILES string of the molecule is CNCC1CCCN(C(=O)c2cc(Br)ccc2O)C1.Cl. The fourth-order valence-electron chi connectivity index (χ4n) is 2.55. The number of phenols is 1. The number of nitrogens with one attached hydrogen (secondary N) is 1. The predicted octanol–water partition coefficient (Wildman–Crippen LogP) is 2.65. The molecule has 2 rings (SSSR count). The van der Waals surface area contributed by atoms with E-state index in [-0.39, 0.29) is 24.1 Å². The van der Waals surface area contributed by atoms with Gasteiger partial charge in [-0.2, -0.15) is 0 Å². The molecule has 2 N–H and O–H groups in total. The molecule has 1 aromatic carbocycles. The monoisotopic (exact) mass is 362 g/mol. The van der Waals surface area contributed by atoms with Gasteiger partial charge in [-0.3, -0.25) is 4.79 Å². The van der Waals surface area contributed by atoms with Crippen LogP contribution in [0.3, 0.4) is 0 Å². The molecule has 1 aliphatic rings. The maximum absolute atomic E-state index is 12.4. The zero-order chi connectivity index (χ0) is 13.8. The highest BCUT2D eigenvalue weighted by Crippen LogP contribution is 2.25. The second kappa shape index (κ2) is 7.86. The van der Waals surface area contributed by atoms with Crippen LogP contribution in [0.2, 0.25) is 0 Å². The number of rotatable bonds is 3. The van der Waals surface area contributed by atoms with Gasteiger partial charge >= 0.3 is 0 Å². The molecule has 6 heteroatoms. The molecular weight excluding hydrogens is 344 g/mol. The van der Waals surface area contributed by atoms with Crippen LogP contribution in [0.25, 0.3) is 0 Å². The van der Waals surface area contributed by atoms with Gasteiger partial charge in [0.1, 0.15) is 5.75 Å². The quantitative estimate of drug-likeness (QED) is 0.868. The van der Waals surface area contributed by atoms with E-state index in [1.54, 1.807) is 18.2 Å². The Morgan fingerprint density at radius 2 is 2.30 bits per heavy atom. The number of nitrogens with zero attached hydrogens (tertiary/aromatic N) is 1. The Morgan fingerprint density at radius 1 is 1.55 bits per heavy atom. The molecule has 20 heavy (non-hydrogen) atoms. The molecule has 1 saturated heterocycles. The van der Waals surface area contributed by atoms with Crippen molar-refractivity contribution in [2.24, 2.45) is 5.92 Å². The van der Waals surface area contributed by atoms with Crippen molar-refractivity contribution in [1.29, 1.82) is 0 Å².